The van der Waals surface area contributed by atoms with Gasteiger partial charge in [-0.2, -0.15) is 0 Å². The third-order valence-corrected chi connectivity index (χ3v) is 1.48. The summed E-state index contributed by atoms with van der Waals surface area (Å²) in [6.07, 6.45) is 2.24. The highest BCUT2D eigenvalue weighted by molar-refractivity contribution is 5.54. The van der Waals surface area contributed by atoms with Crippen LogP contribution in [0, 0.1) is 0 Å². The Morgan fingerprint density at radius 2 is 2.50 bits per heavy atom. The Morgan fingerprint density at radius 3 is 2.75 bits per heavy atom. The minimum absolute atomic E-state index is 1.11. The summed E-state index contributed by atoms with van der Waals surface area (Å²) < 4.78 is 2.31. The van der Waals surface area contributed by atoms with Gasteiger partial charge >= 0.3 is 0 Å². The van der Waals surface area contributed by atoms with Crippen molar-refractivity contribution in [3.63, 3.8) is 0 Å². The molecule has 1 rings (SSSR count). The molecule has 0 aromatic heterocycles. The second kappa shape index (κ2) is 2.27. The summed E-state index contributed by atoms with van der Waals surface area (Å²) in [7, 11) is 2.13. The molecule has 1 aliphatic heterocycles. The van der Waals surface area contributed by atoms with Gasteiger partial charge in [0.05, 0.1) is 6.54 Å². The molecule has 0 aromatic carbocycles. The van der Waals surface area contributed by atoms with Gasteiger partial charge in [0.15, 0.2) is 12.9 Å². The molecule has 8 heavy (non-hydrogen) atoms. The zero-order valence-corrected chi connectivity index (χ0v) is 5.59. The van der Waals surface area contributed by atoms with Gasteiger partial charge in [-0.3, -0.25) is 0 Å². The highest BCUT2D eigenvalue weighted by Gasteiger charge is 2.12. The van der Waals surface area contributed by atoms with E-state index in [4.69, 9.17) is 0 Å². The van der Waals surface area contributed by atoms with E-state index in [-0.39, 0.29) is 0 Å². The molecule has 0 atom stereocenters. The van der Waals surface area contributed by atoms with Crippen molar-refractivity contribution in [2.24, 2.45) is 0 Å². The van der Waals surface area contributed by atoms with Gasteiger partial charge in [0, 0.05) is 0 Å². The molecule has 2 heteroatoms. The quantitative estimate of drug-likeness (QED) is 0.434. The Labute approximate surface area is 50.4 Å². The number of nitrogens with zero attached hydrogens (tertiary/aromatic N) is 2. The monoisotopic (exact) mass is 113 g/mol. The maximum Gasteiger partial charge on any atom is 0.199 e. The van der Waals surface area contributed by atoms with E-state index in [1.807, 2.05) is 0 Å². The predicted molar refractivity (Wildman–Crippen MR) is 34.4 cm³/mol. The highest BCUT2D eigenvalue weighted by atomic mass is 15.3. The van der Waals surface area contributed by atoms with Crippen LogP contribution in [0.2, 0.25) is 0 Å². The first-order chi connectivity index (χ1) is 3.83. The van der Waals surface area contributed by atoms with Crippen LogP contribution in [-0.2, 0) is 0 Å². The molecule has 1 heterocycles. The van der Waals surface area contributed by atoms with E-state index in [0.717, 1.165) is 19.8 Å². The second-order valence-corrected chi connectivity index (χ2v) is 2.27. The summed E-state index contributed by atoms with van der Waals surface area (Å²) >= 11 is 0. The molecule has 0 spiro atoms. The summed E-state index contributed by atoms with van der Waals surface area (Å²) in [5.41, 5.74) is 0. The summed E-state index contributed by atoms with van der Waals surface area (Å²) in [6.45, 7) is 5.55. The molecule has 0 aromatic rings. The lowest BCUT2D eigenvalue weighted by Gasteiger charge is -1.99. The lowest BCUT2D eigenvalue weighted by atomic mass is 10.7. The van der Waals surface area contributed by atoms with Crippen LogP contribution >= 0.6 is 0 Å². The van der Waals surface area contributed by atoms with Crippen molar-refractivity contribution in [2.75, 3.05) is 26.8 Å². The number of rotatable bonds is 1. The molecule has 1 aliphatic rings. The molecule has 0 unspecified atom stereocenters. The molecule has 2 nitrogen and oxygen atoms in total. The molecule has 0 bridgehead atoms. The van der Waals surface area contributed by atoms with Crippen LogP contribution in [0.15, 0.2) is 0 Å². The van der Waals surface area contributed by atoms with Crippen LogP contribution in [0.3, 0.4) is 0 Å². The average molecular weight is 113 g/mol. The minimum Gasteiger partial charge on any atom is -0.242 e. The first-order valence-corrected chi connectivity index (χ1v) is 3.09. The van der Waals surface area contributed by atoms with Gasteiger partial charge in [-0.15, -0.1) is 0 Å². The van der Waals surface area contributed by atoms with E-state index >= 15 is 0 Å². The van der Waals surface area contributed by atoms with E-state index in [0.29, 0.717) is 0 Å². The van der Waals surface area contributed by atoms with Crippen molar-refractivity contribution in [3.05, 3.63) is 0 Å². The summed E-state index contributed by atoms with van der Waals surface area (Å²) in [6, 6.07) is 0. The van der Waals surface area contributed by atoms with Crippen molar-refractivity contribution in [1.29, 1.82) is 0 Å². The Kier molecular flexibility index (Phi) is 1.63. The Hall–Kier alpha value is -0.370. The molecule has 0 amide bonds. The molecular formula is C6H13N2+. The molecule has 0 radical (unpaired) electrons. The van der Waals surface area contributed by atoms with Crippen molar-refractivity contribution in [1.82, 2.24) is 4.90 Å². The van der Waals surface area contributed by atoms with E-state index in [1.54, 1.807) is 0 Å². The molecular weight excluding hydrogens is 100 g/mol. The normalized spacial score (nSPS) is 21.5. The van der Waals surface area contributed by atoms with Gasteiger partial charge in [0.2, 0.25) is 0 Å². The summed E-state index contributed by atoms with van der Waals surface area (Å²) in [5.74, 6) is 0. The molecule has 0 fully saturated rings. The standard InChI is InChI=1S/C6H13N2/c1-3-8-5-4-7(2)6-8/h5H,3-4,6H2,1-2H3/q+1. The molecule has 0 N–H and O–H groups in total. The van der Waals surface area contributed by atoms with E-state index < -0.39 is 0 Å². The van der Waals surface area contributed by atoms with Crippen molar-refractivity contribution in [2.45, 2.75) is 6.92 Å². The molecule has 46 valence electrons. The van der Waals surface area contributed by atoms with Gasteiger partial charge in [-0.05, 0) is 14.0 Å². The lowest BCUT2D eigenvalue weighted by molar-refractivity contribution is -0.527. The Morgan fingerprint density at radius 1 is 1.75 bits per heavy atom. The van der Waals surface area contributed by atoms with Crippen LogP contribution < -0.4 is 0 Å². The van der Waals surface area contributed by atoms with Gasteiger partial charge in [0.25, 0.3) is 0 Å². The van der Waals surface area contributed by atoms with Crippen molar-refractivity contribution in [3.8, 4) is 0 Å². The SMILES string of the molecule is CC[N+]1=CCN(C)C1. The third-order valence-electron chi connectivity index (χ3n) is 1.48. The Balaban J connectivity index is 2.37. The maximum atomic E-state index is 2.31. The zero-order valence-electron chi connectivity index (χ0n) is 5.59. The van der Waals surface area contributed by atoms with Crippen molar-refractivity contribution >= 4 is 6.21 Å². The molecule has 0 aliphatic carbocycles. The fourth-order valence-electron chi connectivity index (χ4n) is 0.910. The number of hydrogen-bond acceptors (Lipinski definition) is 1. The van der Waals surface area contributed by atoms with E-state index in [1.165, 1.54) is 0 Å². The second-order valence-electron chi connectivity index (χ2n) is 2.27. The van der Waals surface area contributed by atoms with Gasteiger partial charge < -0.3 is 0 Å². The highest BCUT2D eigenvalue weighted by Crippen LogP contribution is 1.88. The fourth-order valence-corrected chi connectivity index (χ4v) is 0.910. The van der Waals surface area contributed by atoms with Crippen LogP contribution in [-0.4, -0.2) is 42.5 Å². The Bertz CT molecular complexity index is 107. The van der Waals surface area contributed by atoms with Gasteiger partial charge in [0.1, 0.15) is 6.54 Å². The smallest absolute Gasteiger partial charge is 0.199 e. The fraction of sp³-hybridized carbons (Fsp3) is 0.833. The van der Waals surface area contributed by atoms with Crippen LogP contribution in [0.1, 0.15) is 6.92 Å². The van der Waals surface area contributed by atoms with Crippen LogP contribution in [0.5, 0.6) is 0 Å². The molecule has 0 saturated heterocycles. The van der Waals surface area contributed by atoms with Gasteiger partial charge in [-0.1, -0.05) is 0 Å². The minimum atomic E-state index is 1.11. The lowest BCUT2D eigenvalue weighted by Crippen LogP contribution is -2.19. The predicted octanol–water partition coefficient (Wildman–Crippen LogP) is -0.00750. The third kappa shape index (κ3) is 1.07. The molecule has 0 saturated carbocycles. The topological polar surface area (TPSA) is 6.25 Å². The van der Waals surface area contributed by atoms with E-state index in [9.17, 15) is 0 Å². The van der Waals surface area contributed by atoms with Crippen LogP contribution in [0.25, 0.3) is 0 Å². The maximum absolute atomic E-state index is 2.31. The van der Waals surface area contributed by atoms with Crippen molar-refractivity contribution < 1.29 is 4.58 Å². The zero-order chi connectivity index (χ0) is 5.98. The first-order valence-electron chi connectivity index (χ1n) is 3.09. The summed E-state index contributed by atoms with van der Waals surface area (Å²) in [5, 5.41) is 0. The first kappa shape index (κ1) is 5.76. The average Bonchev–Trinajstić information content (AvgIpc) is 2.14. The van der Waals surface area contributed by atoms with Gasteiger partial charge in [-0.25, -0.2) is 9.48 Å². The number of hydrogen-bond donors (Lipinski definition) is 0. The van der Waals surface area contributed by atoms with E-state index in [2.05, 4.69) is 29.7 Å². The largest absolute Gasteiger partial charge is 0.242 e. The summed E-state index contributed by atoms with van der Waals surface area (Å²) in [4.78, 5) is 2.28. The van der Waals surface area contributed by atoms with Crippen LogP contribution in [0.4, 0.5) is 0 Å².